The standard InChI is InChI=1S/C43H86NO5.CH6O4S/c1-4-6-8-10-12-14-16-18-20-22-24-26-28-30-32-34-42(46)48-40-37-44(3,36-39-45)38-41-49-43(47)35-33-31-29-27-25-23-21-19-17-15-13-11-9-7-5-2;1-5-6(2,3)4/h45H,4-41H2,1-3H3;2-4H,1H3/q+1;/p-1. The second kappa shape index (κ2) is 42.7. The lowest BCUT2D eigenvalue weighted by Crippen LogP contribution is -2.50. The molecule has 0 aliphatic rings. The molecule has 0 aliphatic carbocycles. The van der Waals surface area contributed by atoms with Gasteiger partial charge in [0.05, 0.1) is 20.8 Å². The zero-order chi connectivity index (χ0) is 41.1. The van der Waals surface area contributed by atoms with Crippen molar-refractivity contribution in [2.45, 2.75) is 219 Å². The highest BCUT2D eigenvalue weighted by molar-refractivity contribution is 8.15. The molecule has 0 aromatic heterocycles. The number of quaternary nitrogens is 1. The van der Waals surface area contributed by atoms with Crippen LogP contribution in [-0.4, -0.2) is 88.8 Å². The Balaban J connectivity index is 0. The van der Waals surface area contributed by atoms with E-state index in [1.54, 1.807) is 0 Å². The van der Waals surface area contributed by atoms with Crippen LogP contribution in [0.4, 0.5) is 0 Å². The fourth-order valence-corrected chi connectivity index (χ4v) is 6.76. The van der Waals surface area contributed by atoms with E-state index in [-0.39, 0.29) is 18.5 Å². The van der Waals surface area contributed by atoms with Crippen molar-refractivity contribution >= 4 is 23.1 Å². The molecule has 0 rings (SSSR count). The first-order valence-electron chi connectivity index (χ1n) is 22.8. The summed E-state index contributed by atoms with van der Waals surface area (Å²) in [6.45, 7) is 7.05. The van der Waals surface area contributed by atoms with Gasteiger partial charge in [0.25, 0.3) is 0 Å². The van der Waals surface area contributed by atoms with Crippen LogP contribution >= 0.6 is 11.2 Å². The third-order valence-corrected chi connectivity index (χ3v) is 11.0. The van der Waals surface area contributed by atoms with Gasteiger partial charge in [0, 0.05) is 24.0 Å². The minimum atomic E-state index is -3.91. The third-order valence-electron chi connectivity index (χ3n) is 10.6. The molecule has 0 aromatic rings. The lowest BCUT2D eigenvalue weighted by molar-refractivity contribution is -0.910. The lowest BCUT2D eigenvalue weighted by Gasteiger charge is -2.33. The van der Waals surface area contributed by atoms with Gasteiger partial charge in [-0.2, -0.15) is 0 Å². The van der Waals surface area contributed by atoms with Gasteiger partial charge >= 0.3 is 11.9 Å². The Morgan fingerprint density at radius 1 is 0.491 bits per heavy atom. The summed E-state index contributed by atoms with van der Waals surface area (Å²) in [6.07, 6.45) is 40.3. The molecule has 0 unspecified atom stereocenters. The van der Waals surface area contributed by atoms with Crippen molar-refractivity contribution in [2.75, 3.05) is 53.6 Å². The molecule has 0 aliphatic heterocycles. The Kier molecular flexibility index (Phi) is 43.5. The highest BCUT2D eigenvalue weighted by Crippen LogP contribution is 2.31. The first-order chi connectivity index (χ1) is 26.5. The molecule has 0 atom stereocenters. The van der Waals surface area contributed by atoms with Gasteiger partial charge in [-0.25, -0.2) is 0 Å². The van der Waals surface area contributed by atoms with Crippen molar-refractivity contribution in [2.24, 2.45) is 0 Å². The van der Waals surface area contributed by atoms with Crippen molar-refractivity contribution in [3.8, 4) is 0 Å². The first-order valence-corrected chi connectivity index (χ1v) is 24.2. The minimum absolute atomic E-state index is 0.0522. The number of ether oxygens (including phenoxy) is 2. The number of carbonyl (C=O) groups excluding carboxylic acids is 2. The number of unbranched alkanes of at least 4 members (excludes halogenated alkanes) is 28. The van der Waals surface area contributed by atoms with Crippen molar-refractivity contribution in [1.29, 1.82) is 0 Å². The molecule has 0 heterocycles. The number of rotatable bonds is 41. The normalized spacial score (nSPS) is 12.0. The van der Waals surface area contributed by atoms with E-state index in [0.29, 0.717) is 50.2 Å². The summed E-state index contributed by atoms with van der Waals surface area (Å²) in [5, 5.41) is 9.59. The van der Waals surface area contributed by atoms with Crippen LogP contribution in [0.1, 0.15) is 219 Å². The molecule has 0 fully saturated rings. The third kappa shape index (κ3) is 47.3. The Morgan fingerprint density at radius 3 is 0.945 bits per heavy atom. The average molecular weight is 810 g/mol. The van der Waals surface area contributed by atoms with Crippen LogP contribution in [-0.2, 0) is 23.2 Å². The topological polar surface area (TPSA) is 146 Å². The predicted molar refractivity (Wildman–Crippen MR) is 230 cm³/mol. The van der Waals surface area contributed by atoms with Crippen molar-refractivity contribution < 1.29 is 46.5 Å². The van der Waals surface area contributed by atoms with Gasteiger partial charge in [0.1, 0.15) is 32.8 Å². The molecular weight excluding hydrogens is 719 g/mol. The van der Waals surface area contributed by atoms with Crippen LogP contribution in [0.2, 0.25) is 0 Å². The van der Waals surface area contributed by atoms with Gasteiger partial charge in [0.2, 0.25) is 0 Å². The predicted octanol–water partition coefficient (Wildman–Crippen LogP) is 12.5. The van der Waals surface area contributed by atoms with Crippen molar-refractivity contribution in [3.63, 3.8) is 0 Å². The van der Waals surface area contributed by atoms with Crippen LogP contribution in [0.25, 0.3) is 0 Å². The number of aliphatic hydroxyl groups is 1. The van der Waals surface area contributed by atoms with Crippen LogP contribution < -0.4 is 0 Å². The first kappa shape index (κ1) is 56.1. The van der Waals surface area contributed by atoms with Gasteiger partial charge in [-0.3, -0.25) is 9.59 Å². The molecule has 0 spiro atoms. The molecule has 55 heavy (non-hydrogen) atoms. The van der Waals surface area contributed by atoms with Crippen LogP contribution in [0.5, 0.6) is 0 Å². The second-order valence-electron chi connectivity index (χ2n) is 16.0. The zero-order valence-electron chi connectivity index (χ0n) is 36.5. The molecule has 0 bridgehead atoms. The number of hydrogen-bond acceptors (Lipinski definition) is 9. The van der Waals surface area contributed by atoms with Crippen molar-refractivity contribution in [3.05, 3.63) is 0 Å². The van der Waals surface area contributed by atoms with E-state index < -0.39 is 11.2 Å². The maximum Gasteiger partial charge on any atom is 0.305 e. The number of carbonyl (C=O) groups is 2. The number of likely N-dealkylation sites (N-methyl/N-ethyl adjacent to an activating group) is 1. The van der Waals surface area contributed by atoms with E-state index in [4.69, 9.17) is 18.6 Å². The molecule has 0 radical (unpaired) electrons. The highest BCUT2D eigenvalue weighted by atomic mass is 32.3. The van der Waals surface area contributed by atoms with Gasteiger partial charge in [-0.05, 0) is 12.8 Å². The highest BCUT2D eigenvalue weighted by Gasteiger charge is 2.22. The number of nitrogens with zero attached hydrogens (tertiary/aromatic N) is 1. The molecular formula is C44H91NO9S. The number of esters is 2. The number of aliphatic hydroxyl groups excluding tert-OH is 1. The molecule has 0 saturated heterocycles. The summed E-state index contributed by atoms with van der Waals surface area (Å²) in [4.78, 5) is 24.5. The van der Waals surface area contributed by atoms with Crippen LogP contribution in [0.15, 0.2) is 0 Å². The summed E-state index contributed by atoms with van der Waals surface area (Å²) in [5.41, 5.74) is 0. The second-order valence-corrected chi connectivity index (χ2v) is 17.2. The SMILES string of the molecule is CCCCCCCCCCCCCCCCCC(=O)OCC[N+](C)(CCO)CCOC(=O)CCCCCCCCCCCCCCCCC.COS([O-])(O)O. The molecule has 0 saturated carbocycles. The maximum absolute atomic E-state index is 12.3. The summed E-state index contributed by atoms with van der Waals surface area (Å²) in [7, 11) is 2.96. The van der Waals surface area contributed by atoms with Gasteiger partial charge in [-0.1, -0.05) is 194 Å². The molecule has 10 nitrogen and oxygen atoms in total. The van der Waals surface area contributed by atoms with E-state index >= 15 is 0 Å². The maximum atomic E-state index is 12.3. The molecule has 3 N–H and O–H groups in total. The van der Waals surface area contributed by atoms with E-state index in [9.17, 15) is 19.2 Å². The monoisotopic (exact) mass is 810 g/mol. The van der Waals surface area contributed by atoms with Gasteiger partial charge in [0.15, 0.2) is 0 Å². The van der Waals surface area contributed by atoms with Crippen LogP contribution in [0.3, 0.4) is 0 Å². The van der Waals surface area contributed by atoms with Gasteiger partial charge < -0.3 is 36.9 Å². The Bertz CT molecular complexity index is 761. The Labute approximate surface area is 341 Å². The Morgan fingerprint density at radius 2 is 0.727 bits per heavy atom. The summed E-state index contributed by atoms with van der Waals surface area (Å²) in [6, 6.07) is 0. The minimum Gasteiger partial charge on any atom is -0.751 e. The van der Waals surface area contributed by atoms with E-state index in [1.807, 2.05) is 7.05 Å². The van der Waals surface area contributed by atoms with Gasteiger partial charge in [-0.15, -0.1) is 0 Å². The molecule has 11 heteroatoms. The van der Waals surface area contributed by atoms with E-state index in [2.05, 4.69) is 18.0 Å². The molecule has 0 amide bonds. The summed E-state index contributed by atoms with van der Waals surface area (Å²) in [5.74, 6) is -0.250. The largest absolute Gasteiger partial charge is 0.751 e. The smallest absolute Gasteiger partial charge is 0.305 e. The fraction of sp³-hybridized carbons (Fsp3) is 0.955. The van der Waals surface area contributed by atoms with Crippen molar-refractivity contribution in [1.82, 2.24) is 0 Å². The lowest BCUT2D eigenvalue weighted by atomic mass is 10.0. The fourth-order valence-electron chi connectivity index (χ4n) is 6.76. The Hall–Kier alpha value is -0.950. The van der Waals surface area contributed by atoms with Crippen LogP contribution in [0, 0.1) is 0 Å². The molecule has 332 valence electrons. The van der Waals surface area contributed by atoms with E-state index in [1.165, 1.54) is 167 Å². The zero-order valence-corrected chi connectivity index (χ0v) is 37.3. The number of hydrogen-bond donors (Lipinski definition) is 3. The molecule has 0 aromatic carbocycles. The quantitative estimate of drug-likeness (QED) is 0.0312. The average Bonchev–Trinajstić information content (AvgIpc) is 3.15. The summed E-state index contributed by atoms with van der Waals surface area (Å²) >= 11 is -3.91. The summed E-state index contributed by atoms with van der Waals surface area (Å²) < 4.78 is 40.0. The van der Waals surface area contributed by atoms with E-state index in [0.717, 1.165) is 32.8 Å².